The summed E-state index contributed by atoms with van der Waals surface area (Å²) in [5, 5.41) is 6.79. The van der Waals surface area contributed by atoms with Gasteiger partial charge >= 0.3 is 0 Å². The number of aromatic nitrogens is 3. The topological polar surface area (TPSA) is 76.6 Å². The van der Waals surface area contributed by atoms with Crippen molar-refractivity contribution in [2.24, 2.45) is 0 Å². The zero-order valence-corrected chi connectivity index (χ0v) is 18.3. The highest BCUT2D eigenvalue weighted by atomic mass is 19.1. The number of hydrogen-bond donors (Lipinski definition) is 2. The molecule has 2 aliphatic rings. The summed E-state index contributed by atoms with van der Waals surface area (Å²) in [6, 6.07) is 7.81. The van der Waals surface area contributed by atoms with E-state index < -0.39 is 0 Å². The summed E-state index contributed by atoms with van der Waals surface area (Å²) in [7, 11) is 0. The second-order valence-corrected chi connectivity index (χ2v) is 8.80. The second-order valence-electron chi connectivity index (χ2n) is 8.80. The Morgan fingerprint density at radius 3 is 2.85 bits per heavy atom. The summed E-state index contributed by atoms with van der Waals surface area (Å²) < 4.78 is 27.8. The largest absolute Gasteiger partial charge is 0.472 e. The quantitative estimate of drug-likeness (QED) is 0.410. The Labute approximate surface area is 191 Å². The van der Waals surface area contributed by atoms with Crippen molar-refractivity contribution in [1.82, 2.24) is 19.7 Å². The van der Waals surface area contributed by atoms with Crippen LogP contribution in [0.5, 0.6) is 0 Å². The molecule has 0 amide bonds. The lowest BCUT2D eigenvalue weighted by Crippen LogP contribution is -2.19. The van der Waals surface area contributed by atoms with Crippen LogP contribution in [0.15, 0.2) is 53.6 Å². The minimum absolute atomic E-state index is 0.171. The molecule has 1 atom stereocenters. The van der Waals surface area contributed by atoms with Crippen molar-refractivity contribution in [3.63, 3.8) is 0 Å². The number of ether oxygens (including phenoxy) is 1. The Morgan fingerprint density at radius 1 is 1.15 bits per heavy atom. The molecule has 170 valence electrons. The maximum atomic E-state index is 14.9. The first kappa shape index (κ1) is 20.4. The van der Waals surface area contributed by atoms with Crippen molar-refractivity contribution >= 4 is 11.5 Å². The van der Waals surface area contributed by atoms with E-state index in [1.807, 2.05) is 28.8 Å². The van der Waals surface area contributed by atoms with Gasteiger partial charge in [-0.3, -0.25) is 4.40 Å². The number of imidazole rings is 1. The van der Waals surface area contributed by atoms with Crippen LogP contribution in [0.4, 0.5) is 10.2 Å². The Bertz CT molecular complexity index is 1260. The van der Waals surface area contributed by atoms with Crippen molar-refractivity contribution in [1.29, 1.82) is 0 Å². The van der Waals surface area contributed by atoms with E-state index in [4.69, 9.17) is 14.1 Å². The lowest BCUT2D eigenvalue weighted by atomic mass is 10.1. The third-order valence-electron chi connectivity index (χ3n) is 6.34. The Hall–Kier alpha value is -3.23. The normalized spacial score (nSPS) is 18.3. The lowest BCUT2D eigenvalue weighted by Gasteiger charge is -2.14. The van der Waals surface area contributed by atoms with Gasteiger partial charge in [0.25, 0.3) is 0 Å². The summed E-state index contributed by atoms with van der Waals surface area (Å²) in [6.45, 7) is 2.02. The molecule has 2 N–H and O–H groups in total. The van der Waals surface area contributed by atoms with Gasteiger partial charge in [0, 0.05) is 48.6 Å². The van der Waals surface area contributed by atoms with Gasteiger partial charge in [0.15, 0.2) is 11.5 Å². The van der Waals surface area contributed by atoms with E-state index in [1.54, 1.807) is 24.8 Å². The number of nitrogens with zero attached hydrogens (tertiary/aromatic N) is 3. The Morgan fingerprint density at radius 2 is 2.09 bits per heavy atom. The van der Waals surface area contributed by atoms with Crippen LogP contribution in [0.3, 0.4) is 0 Å². The molecule has 4 heterocycles. The van der Waals surface area contributed by atoms with Gasteiger partial charge in [-0.15, -0.1) is 0 Å². The fourth-order valence-corrected chi connectivity index (χ4v) is 4.28. The summed E-state index contributed by atoms with van der Waals surface area (Å²) in [5.74, 6) is 0.456. The minimum atomic E-state index is -0.212. The fourth-order valence-electron chi connectivity index (χ4n) is 4.28. The first-order valence-electron chi connectivity index (χ1n) is 11.5. The Balaban J connectivity index is 1.36. The average Bonchev–Trinajstić information content (AvgIpc) is 3.25. The molecule has 1 aliphatic heterocycles. The smallest absolute Gasteiger partial charge is 0.180 e. The van der Waals surface area contributed by atoms with E-state index in [2.05, 4.69) is 15.6 Å². The maximum Gasteiger partial charge on any atom is 0.180 e. The third kappa shape index (κ3) is 4.24. The molecule has 2 fully saturated rings. The fraction of sp³-hybridized carbons (Fsp3) is 0.360. The van der Waals surface area contributed by atoms with Gasteiger partial charge in [0.2, 0.25) is 0 Å². The summed E-state index contributed by atoms with van der Waals surface area (Å²) in [4.78, 5) is 9.42. The van der Waals surface area contributed by atoms with Crippen molar-refractivity contribution in [2.45, 2.75) is 44.4 Å². The van der Waals surface area contributed by atoms with Gasteiger partial charge in [0.05, 0.1) is 36.2 Å². The number of rotatable bonds is 8. The second kappa shape index (κ2) is 8.61. The lowest BCUT2D eigenvalue weighted by molar-refractivity contribution is 0.120. The number of hydrogen-bond acceptors (Lipinski definition) is 6. The highest BCUT2D eigenvalue weighted by Gasteiger charge is 2.21. The van der Waals surface area contributed by atoms with E-state index in [-0.39, 0.29) is 11.9 Å². The minimum Gasteiger partial charge on any atom is -0.472 e. The van der Waals surface area contributed by atoms with Crippen molar-refractivity contribution < 1.29 is 13.5 Å². The predicted octanol–water partition coefficient (Wildman–Crippen LogP) is 4.64. The molecule has 7 nitrogen and oxygen atoms in total. The van der Waals surface area contributed by atoms with Crippen molar-refractivity contribution in [3.05, 3.63) is 60.6 Å². The number of fused-ring (bicyclic) bond motifs is 1. The molecule has 0 radical (unpaired) electrons. The molecular weight excluding hydrogens is 421 g/mol. The molecule has 6 rings (SSSR count). The number of halogens is 1. The SMILES string of the molecule is Fc1cc(-c2cnc3c(NCC4CCCO4)nc(-c4ccoc4)cn23)ccc1CNC1CC1. The summed E-state index contributed by atoms with van der Waals surface area (Å²) in [6.07, 6.45) is 11.6. The van der Waals surface area contributed by atoms with Crippen LogP contribution in [0, 0.1) is 5.82 Å². The standard InChI is InChI=1S/C25H26FN5O2/c26-21-10-16(3-4-17(21)11-27-19-5-6-19)23-13-29-25-24(28-12-20-2-1-8-33-20)30-22(14-31(23)25)18-7-9-32-15-18/h3-4,7,9-10,13-15,19-20,27H,1-2,5-6,8,11-12H2,(H,28,30). The molecule has 1 unspecified atom stereocenters. The molecule has 4 aromatic rings. The predicted molar refractivity (Wildman–Crippen MR) is 123 cm³/mol. The number of furan rings is 1. The summed E-state index contributed by atoms with van der Waals surface area (Å²) in [5.41, 5.74) is 4.55. The highest BCUT2D eigenvalue weighted by molar-refractivity contribution is 5.74. The van der Waals surface area contributed by atoms with Gasteiger partial charge in [-0.25, -0.2) is 14.4 Å². The van der Waals surface area contributed by atoms with Gasteiger partial charge < -0.3 is 19.8 Å². The van der Waals surface area contributed by atoms with Crippen LogP contribution in [0.2, 0.25) is 0 Å². The first-order valence-corrected chi connectivity index (χ1v) is 11.5. The van der Waals surface area contributed by atoms with E-state index in [0.29, 0.717) is 36.2 Å². The molecule has 1 saturated carbocycles. The van der Waals surface area contributed by atoms with Crippen LogP contribution in [0.25, 0.3) is 28.2 Å². The van der Waals surface area contributed by atoms with Gasteiger partial charge in [-0.2, -0.15) is 0 Å². The third-order valence-corrected chi connectivity index (χ3v) is 6.34. The van der Waals surface area contributed by atoms with Gasteiger partial charge in [-0.05, 0) is 37.8 Å². The highest BCUT2D eigenvalue weighted by Crippen LogP contribution is 2.29. The van der Waals surface area contributed by atoms with Crippen LogP contribution in [-0.2, 0) is 11.3 Å². The van der Waals surface area contributed by atoms with Crippen LogP contribution < -0.4 is 10.6 Å². The van der Waals surface area contributed by atoms with E-state index >= 15 is 0 Å². The molecule has 3 aromatic heterocycles. The molecule has 1 aliphatic carbocycles. The Kier molecular flexibility index (Phi) is 5.32. The zero-order valence-electron chi connectivity index (χ0n) is 18.3. The number of anilines is 1. The monoisotopic (exact) mass is 447 g/mol. The van der Waals surface area contributed by atoms with Gasteiger partial charge in [0.1, 0.15) is 5.82 Å². The average molecular weight is 448 g/mol. The first-order chi connectivity index (χ1) is 16.2. The van der Waals surface area contributed by atoms with E-state index in [0.717, 1.165) is 42.0 Å². The van der Waals surface area contributed by atoms with Crippen LogP contribution >= 0.6 is 0 Å². The maximum absolute atomic E-state index is 14.9. The molecule has 8 heteroatoms. The number of nitrogens with one attached hydrogen (secondary N) is 2. The van der Waals surface area contributed by atoms with Crippen molar-refractivity contribution in [3.8, 4) is 22.5 Å². The van der Waals surface area contributed by atoms with Crippen LogP contribution in [0.1, 0.15) is 31.2 Å². The van der Waals surface area contributed by atoms with E-state index in [9.17, 15) is 4.39 Å². The molecular formula is C25H26FN5O2. The van der Waals surface area contributed by atoms with Gasteiger partial charge in [-0.1, -0.05) is 12.1 Å². The number of benzene rings is 1. The van der Waals surface area contributed by atoms with E-state index in [1.165, 1.54) is 12.8 Å². The molecule has 0 bridgehead atoms. The molecule has 1 aromatic carbocycles. The van der Waals surface area contributed by atoms with Crippen LogP contribution in [-0.4, -0.2) is 39.7 Å². The molecule has 0 spiro atoms. The zero-order chi connectivity index (χ0) is 22.2. The molecule has 33 heavy (non-hydrogen) atoms. The summed E-state index contributed by atoms with van der Waals surface area (Å²) >= 11 is 0. The van der Waals surface area contributed by atoms with Crippen molar-refractivity contribution in [2.75, 3.05) is 18.5 Å². The molecule has 1 saturated heterocycles.